The summed E-state index contributed by atoms with van der Waals surface area (Å²) in [4.78, 5) is 15.6. The van der Waals surface area contributed by atoms with E-state index in [0.717, 1.165) is 59.4 Å². The number of allylic oxidation sites excluding steroid dienone is 2. The zero-order chi connectivity index (χ0) is 26.6. The lowest BCUT2D eigenvalue weighted by atomic mass is 9.47. The number of fused-ring (bicyclic) bond motifs is 5. The summed E-state index contributed by atoms with van der Waals surface area (Å²) in [6.45, 7) is 26.5. The Morgan fingerprint density at radius 3 is 2.08 bits per heavy atom. The molecule has 3 heteroatoms. The van der Waals surface area contributed by atoms with Crippen LogP contribution < -0.4 is 0 Å². The first-order valence-corrected chi connectivity index (χ1v) is 18.2. The summed E-state index contributed by atoms with van der Waals surface area (Å²) in [5, 5.41) is 0. The fourth-order valence-corrected chi connectivity index (χ4v) is 19.7. The molecule has 0 heterocycles. The summed E-state index contributed by atoms with van der Waals surface area (Å²) >= 11 is 0. The molecule has 4 rings (SSSR count). The van der Waals surface area contributed by atoms with Crippen LogP contribution in [0.3, 0.4) is 0 Å². The molecule has 4 aliphatic rings. The molecular weight excluding hydrogens is 454 g/mol. The molecular formula is C33H59NOSi. The predicted molar refractivity (Wildman–Crippen MR) is 158 cm³/mol. The van der Waals surface area contributed by atoms with Crippen LogP contribution in [-0.2, 0) is 4.79 Å². The van der Waals surface area contributed by atoms with Gasteiger partial charge in [0.05, 0.1) is 8.07 Å². The van der Waals surface area contributed by atoms with Crippen molar-refractivity contribution in [1.82, 2.24) is 4.90 Å². The van der Waals surface area contributed by atoms with Crippen molar-refractivity contribution < 1.29 is 4.79 Å². The second kappa shape index (κ2) is 10.2. The molecule has 3 fully saturated rings. The van der Waals surface area contributed by atoms with Gasteiger partial charge >= 0.3 is 0 Å². The molecule has 0 saturated heterocycles. The van der Waals surface area contributed by atoms with Crippen molar-refractivity contribution in [3.05, 3.63) is 11.6 Å². The Kier molecular flexibility index (Phi) is 8.05. The minimum Gasteiger partial charge on any atom is -0.343 e. The van der Waals surface area contributed by atoms with E-state index in [-0.39, 0.29) is 11.3 Å². The third kappa shape index (κ3) is 4.03. The first kappa shape index (κ1) is 28.4. The number of carbonyl (C=O) groups excluding carboxylic acids is 1. The van der Waals surface area contributed by atoms with Gasteiger partial charge in [-0.15, -0.1) is 0 Å². The molecule has 7 atom stereocenters. The van der Waals surface area contributed by atoms with E-state index in [2.05, 4.69) is 80.2 Å². The van der Waals surface area contributed by atoms with E-state index in [4.69, 9.17) is 0 Å². The van der Waals surface area contributed by atoms with Crippen LogP contribution in [0, 0.1) is 34.5 Å². The molecule has 2 nitrogen and oxygen atoms in total. The number of amides is 1. The molecule has 0 spiro atoms. The lowest BCUT2D eigenvalue weighted by Crippen LogP contribution is -2.54. The SMILES string of the molecule is CCN(CC)C(=O)[C@H]1CC[C@H]2[C@@H]3CC=C4C[C@@H]([Si](C(C)C)(C(C)C)C(C)C)CC[C@]4(C)[C@H]3CC[C@]12C. The Labute approximate surface area is 225 Å². The number of hydrogen-bond donors (Lipinski definition) is 0. The highest BCUT2D eigenvalue weighted by Crippen LogP contribution is 2.68. The van der Waals surface area contributed by atoms with Gasteiger partial charge in [-0.3, -0.25) is 4.79 Å². The lowest BCUT2D eigenvalue weighted by molar-refractivity contribution is -0.142. The van der Waals surface area contributed by atoms with Gasteiger partial charge in [0.25, 0.3) is 0 Å². The van der Waals surface area contributed by atoms with Gasteiger partial charge in [0, 0.05) is 19.0 Å². The molecule has 36 heavy (non-hydrogen) atoms. The Morgan fingerprint density at radius 2 is 1.53 bits per heavy atom. The van der Waals surface area contributed by atoms with Crippen molar-refractivity contribution in [3.8, 4) is 0 Å². The Bertz CT molecular complexity index is 819. The van der Waals surface area contributed by atoms with E-state index in [1.807, 2.05) is 5.57 Å². The van der Waals surface area contributed by atoms with Gasteiger partial charge in [-0.2, -0.15) is 0 Å². The zero-order valence-electron chi connectivity index (χ0n) is 25.6. The fraction of sp³-hybridized carbons (Fsp3) is 0.909. The molecule has 0 bridgehead atoms. The van der Waals surface area contributed by atoms with Gasteiger partial charge in [0.1, 0.15) is 0 Å². The van der Waals surface area contributed by atoms with Crippen LogP contribution in [0.25, 0.3) is 0 Å². The highest BCUT2D eigenvalue weighted by Gasteiger charge is 2.61. The molecule has 0 aliphatic heterocycles. The maximum absolute atomic E-state index is 13.5. The third-order valence-electron chi connectivity index (χ3n) is 13.2. The summed E-state index contributed by atoms with van der Waals surface area (Å²) < 4.78 is 0. The Morgan fingerprint density at radius 1 is 0.917 bits per heavy atom. The number of carbonyl (C=O) groups is 1. The van der Waals surface area contributed by atoms with Crippen molar-refractivity contribution in [2.24, 2.45) is 34.5 Å². The van der Waals surface area contributed by atoms with E-state index < -0.39 is 8.07 Å². The zero-order valence-corrected chi connectivity index (χ0v) is 26.6. The summed E-state index contributed by atoms with van der Waals surface area (Å²) in [6, 6.07) is 0. The minimum atomic E-state index is -1.44. The normalized spacial score (nSPS) is 38.6. The van der Waals surface area contributed by atoms with Gasteiger partial charge in [-0.25, -0.2) is 0 Å². The third-order valence-corrected chi connectivity index (χ3v) is 21.1. The van der Waals surface area contributed by atoms with Gasteiger partial charge in [0.2, 0.25) is 5.91 Å². The van der Waals surface area contributed by atoms with Crippen LogP contribution in [0.1, 0.15) is 121 Å². The van der Waals surface area contributed by atoms with E-state index >= 15 is 0 Å². The van der Waals surface area contributed by atoms with Crippen LogP contribution in [-0.4, -0.2) is 32.0 Å². The Hall–Kier alpha value is -0.573. The molecule has 0 aromatic carbocycles. The molecule has 1 amide bonds. The number of hydrogen-bond acceptors (Lipinski definition) is 1. The van der Waals surface area contributed by atoms with Crippen LogP contribution in [0.4, 0.5) is 0 Å². The number of nitrogens with zero attached hydrogens (tertiary/aromatic N) is 1. The van der Waals surface area contributed by atoms with Gasteiger partial charge < -0.3 is 4.90 Å². The Balaban J connectivity index is 1.60. The topological polar surface area (TPSA) is 20.3 Å². The summed E-state index contributed by atoms with van der Waals surface area (Å²) in [6.07, 6.45) is 13.3. The maximum Gasteiger partial charge on any atom is 0.226 e. The molecule has 0 unspecified atom stereocenters. The summed E-state index contributed by atoms with van der Waals surface area (Å²) in [7, 11) is -1.44. The van der Waals surface area contributed by atoms with Crippen molar-refractivity contribution in [2.75, 3.05) is 13.1 Å². The molecule has 4 aliphatic carbocycles. The molecule has 0 aromatic rings. The molecule has 206 valence electrons. The molecule has 3 saturated carbocycles. The van der Waals surface area contributed by atoms with Crippen LogP contribution in [0.2, 0.25) is 22.2 Å². The average Bonchev–Trinajstić information content (AvgIpc) is 3.16. The van der Waals surface area contributed by atoms with Crippen LogP contribution >= 0.6 is 0 Å². The van der Waals surface area contributed by atoms with Crippen molar-refractivity contribution in [3.63, 3.8) is 0 Å². The largest absolute Gasteiger partial charge is 0.343 e. The monoisotopic (exact) mass is 513 g/mol. The fourth-order valence-electron chi connectivity index (χ4n) is 11.7. The molecule has 0 radical (unpaired) electrons. The summed E-state index contributed by atoms with van der Waals surface area (Å²) in [5.74, 6) is 3.09. The van der Waals surface area contributed by atoms with Crippen LogP contribution in [0.15, 0.2) is 11.6 Å². The second-order valence-electron chi connectivity index (χ2n) is 14.8. The minimum absolute atomic E-state index is 0.217. The van der Waals surface area contributed by atoms with Gasteiger partial charge in [-0.1, -0.05) is 90.1 Å². The number of rotatable bonds is 7. The highest BCUT2D eigenvalue weighted by atomic mass is 28.3. The highest BCUT2D eigenvalue weighted by molar-refractivity contribution is 6.84. The molecule has 0 N–H and O–H groups in total. The predicted octanol–water partition coefficient (Wildman–Crippen LogP) is 9.48. The standard InChI is InChI=1S/C33H59NOSi/c1-11-34(12-2)31(35)30-16-15-28-27-14-13-25-21-26(36(22(3)4,23(5)6)24(7)8)17-19-32(25,9)29(27)18-20-33(28,30)10/h13,22-24,26-30H,11-12,14-21H2,1-10H3/t26-,27-,28-,29-,30+,32-,33-/m0/s1. The molecule has 0 aromatic heterocycles. The lowest BCUT2D eigenvalue weighted by Gasteiger charge is -2.60. The smallest absolute Gasteiger partial charge is 0.226 e. The quantitative estimate of drug-likeness (QED) is 0.245. The maximum atomic E-state index is 13.5. The van der Waals surface area contributed by atoms with Crippen LogP contribution in [0.5, 0.6) is 0 Å². The first-order valence-electron chi connectivity index (χ1n) is 15.9. The van der Waals surface area contributed by atoms with Gasteiger partial charge in [0.15, 0.2) is 0 Å². The van der Waals surface area contributed by atoms with E-state index in [0.29, 0.717) is 11.3 Å². The van der Waals surface area contributed by atoms with Crippen molar-refractivity contribution in [1.29, 1.82) is 0 Å². The van der Waals surface area contributed by atoms with E-state index in [9.17, 15) is 4.79 Å². The average molecular weight is 514 g/mol. The second-order valence-corrected chi connectivity index (χ2v) is 21.1. The van der Waals surface area contributed by atoms with E-state index in [1.54, 1.807) is 0 Å². The van der Waals surface area contributed by atoms with Gasteiger partial charge in [-0.05, 0) is 92.9 Å². The van der Waals surface area contributed by atoms with Crippen molar-refractivity contribution in [2.45, 2.75) is 143 Å². The first-order chi connectivity index (χ1) is 16.9. The summed E-state index contributed by atoms with van der Waals surface area (Å²) in [5.41, 5.74) is 6.01. The van der Waals surface area contributed by atoms with Crippen molar-refractivity contribution >= 4 is 14.0 Å². The van der Waals surface area contributed by atoms with E-state index in [1.165, 1.54) is 44.9 Å².